The van der Waals surface area contributed by atoms with Crippen molar-refractivity contribution in [2.75, 3.05) is 36.4 Å². The van der Waals surface area contributed by atoms with E-state index < -0.39 is 0 Å². The van der Waals surface area contributed by atoms with Crippen LogP contribution in [0.3, 0.4) is 0 Å². The third kappa shape index (κ3) is 4.76. The van der Waals surface area contributed by atoms with Crippen molar-refractivity contribution < 1.29 is 4.79 Å². The van der Waals surface area contributed by atoms with Crippen LogP contribution in [0.4, 0.5) is 17.3 Å². The first-order valence-corrected chi connectivity index (χ1v) is 9.85. The SMILES string of the molecule is CCN(CC)c1ccc(Nc2nccc(C(=O)N3CCCC(C)C3)n2)cc1. The summed E-state index contributed by atoms with van der Waals surface area (Å²) in [6.45, 7) is 10.1. The maximum Gasteiger partial charge on any atom is 0.272 e. The second kappa shape index (κ2) is 8.84. The summed E-state index contributed by atoms with van der Waals surface area (Å²) < 4.78 is 0. The van der Waals surface area contributed by atoms with Crippen LogP contribution in [0.5, 0.6) is 0 Å². The topological polar surface area (TPSA) is 61.4 Å². The Morgan fingerprint density at radius 1 is 1.22 bits per heavy atom. The lowest BCUT2D eigenvalue weighted by Gasteiger charge is -2.30. The number of piperidine rings is 1. The molecule has 2 heterocycles. The fourth-order valence-electron chi connectivity index (χ4n) is 3.55. The Hall–Kier alpha value is -2.63. The van der Waals surface area contributed by atoms with Crippen molar-refractivity contribution in [2.45, 2.75) is 33.6 Å². The van der Waals surface area contributed by atoms with Gasteiger partial charge in [-0.3, -0.25) is 4.79 Å². The molecule has 1 fully saturated rings. The van der Waals surface area contributed by atoms with Gasteiger partial charge in [0.05, 0.1) is 0 Å². The highest BCUT2D eigenvalue weighted by atomic mass is 16.2. The molecular weight excluding hydrogens is 338 g/mol. The standard InChI is InChI=1S/C21H29N5O/c1-4-25(5-2)18-10-8-17(9-11-18)23-21-22-13-12-19(24-21)20(27)26-14-6-7-16(3)15-26/h8-13,16H,4-7,14-15H2,1-3H3,(H,22,23,24). The first-order valence-electron chi connectivity index (χ1n) is 9.85. The minimum Gasteiger partial charge on any atom is -0.372 e. The van der Waals surface area contributed by atoms with Crippen LogP contribution >= 0.6 is 0 Å². The Labute approximate surface area is 161 Å². The highest BCUT2D eigenvalue weighted by Gasteiger charge is 2.23. The summed E-state index contributed by atoms with van der Waals surface area (Å²) in [6.07, 6.45) is 3.88. The van der Waals surface area contributed by atoms with Gasteiger partial charge in [-0.2, -0.15) is 0 Å². The largest absolute Gasteiger partial charge is 0.372 e. The van der Waals surface area contributed by atoms with Gasteiger partial charge in [0.15, 0.2) is 0 Å². The van der Waals surface area contributed by atoms with E-state index in [1.54, 1.807) is 12.3 Å². The quantitative estimate of drug-likeness (QED) is 0.838. The lowest BCUT2D eigenvalue weighted by Crippen LogP contribution is -2.39. The lowest BCUT2D eigenvalue weighted by molar-refractivity contribution is 0.0677. The summed E-state index contributed by atoms with van der Waals surface area (Å²) in [5.41, 5.74) is 2.54. The van der Waals surface area contributed by atoms with E-state index in [4.69, 9.17) is 0 Å². The third-order valence-electron chi connectivity index (χ3n) is 5.07. The number of amides is 1. The molecule has 0 spiro atoms. The van der Waals surface area contributed by atoms with Gasteiger partial charge in [-0.15, -0.1) is 0 Å². The molecule has 1 N–H and O–H groups in total. The van der Waals surface area contributed by atoms with Gasteiger partial charge in [-0.05, 0) is 62.9 Å². The van der Waals surface area contributed by atoms with E-state index in [0.29, 0.717) is 17.6 Å². The summed E-state index contributed by atoms with van der Waals surface area (Å²) in [5, 5.41) is 3.20. The Morgan fingerprint density at radius 3 is 2.63 bits per heavy atom. The average molecular weight is 367 g/mol. The van der Waals surface area contributed by atoms with Crippen LogP contribution in [0.1, 0.15) is 44.1 Å². The lowest BCUT2D eigenvalue weighted by atomic mass is 10.00. The van der Waals surface area contributed by atoms with Gasteiger partial charge in [0.25, 0.3) is 5.91 Å². The van der Waals surface area contributed by atoms with Gasteiger partial charge >= 0.3 is 0 Å². The summed E-state index contributed by atoms with van der Waals surface area (Å²) in [6, 6.07) is 9.88. The van der Waals surface area contributed by atoms with E-state index in [2.05, 4.69) is 53.1 Å². The van der Waals surface area contributed by atoms with Crippen LogP contribution in [0.2, 0.25) is 0 Å². The fraction of sp³-hybridized carbons (Fsp3) is 0.476. The molecule has 1 saturated heterocycles. The molecule has 1 unspecified atom stereocenters. The second-order valence-corrected chi connectivity index (χ2v) is 7.11. The molecule has 1 amide bonds. The van der Waals surface area contributed by atoms with E-state index in [-0.39, 0.29) is 5.91 Å². The van der Waals surface area contributed by atoms with Crippen molar-refractivity contribution in [1.29, 1.82) is 0 Å². The van der Waals surface area contributed by atoms with Crippen LogP contribution < -0.4 is 10.2 Å². The van der Waals surface area contributed by atoms with Crippen molar-refractivity contribution in [3.8, 4) is 0 Å². The van der Waals surface area contributed by atoms with Crippen LogP contribution in [0.15, 0.2) is 36.5 Å². The van der Waals surface area contributed by atoms with Gasteiger partial charge < -0.3 is 15.1 Å². The maximum absolute atomic E-state index is 12.7. The van der Waals surface area contributed by atoms with Crippen molar-refractivity contribution in [2.24, 2.45) is 5.92 Å². The molecule has 6 heteroatoms. The molecule has 2 aromatic rings. The summed E-state index contributed by atoms with van der Waals surface area (Å²) in [4.78, 5) is 25.6. The van der Waals surface area contributed by atoms with Crippen molar-refractivity contribution in [3.05, 3.63) is 42.2 Å². The number of hydrogen-bond donors (Lipinski definition) is 1. The van der Waals surface area contributed by atoms with Crippen LogP contribution in [-0.4, -0.2) is 47.0 Å². The van der Waals surface area contributed by atoms with Gasteiger partial charge in [-0.25, -0.2) is 9.97 Å². The van der Waals surface area contributed by atoms with Gasteiger partial charge in [-0.1, -0.05) is 6.92 Å². The van der Waals surface area contributed by atoms with E-state index in [1.165, 1.54) is 12.1 Å². The Bertz CT molecular complexity index is 757. The second-order valence-electron chi connectivity index (χ2n) is 7.11. The number of aromatic nitrogens is 2. The zero-order valence-corrected chi connectivity index (χ0v) is 16.5. The van der Waals surface area contributed by atoms with Crippen molar-refractivity contribution in [1.82, 2.24) is 14.9 Å². The first kappa shape index (κ1) is 19.1. The van der Waals surface area contributed by atoms with Gasteiger partial charge in [0.2, 0.25) is 5.95 Å². The van der Waals surface area contributed by atoms with Gasteiger partial charge in [0, 0.05) is 43.8 Å². The van der Waals surface area contributed by atoms with E-state index in [1.807, 2.05) is 17.0 Å². The molecular formula is C21H29N5O. The molecule has 1 aliphatic rings. The van der Waals surface area contributed by atoms with Crippen molar-refractivity contribution in [3.63, 3.8) is 0 Å². The molecule has 1 aromatic carbocycles. The number of carbonyl (C=O) groups excluding carboxylic acids is 1. The fourth-order valence-corrected chi connectivity index (χ4v) is 3.55. The smallest absolute Gasteiger partial charge is 0.272 e. The molecule has 3 rings (SSSR count). The Kier molecular flexibility index (Phi) is 6.27. The number of carbonyl (C=O) groups is 1. The number of hydrogen-bond acceptors (Lipinski definition) is 5. The number of rotatable bonds is 6. The molecule has 0 bridgehead atoms. The number of nitrogens with zero attached hydrogens (tertiary/aromatic N) is 4. The average Bonchev–Trinajstić information content (AvgIpc) is 2.70. The van der Waals surface area contributed by atoms with Crippen LogP contribution in [0, 0.1) is 5.92 Å². The molecule has 0 radical (unpaired) electrons. The minimum atomic E-state index is -0.0103. The molecule has 6 nitrogen and oxygen atoms in total. The third-order valence-corrected chi connectivity index (χ3v) is 5.07. The predicted molar refractivity (Wildman–Crippen MR) is 110 cm³/mol. The highest BCUT2D eigenvalue weighted by molar-refractivity contribution is 5.92. The molecule has 1 aliphatic heterocycles. The van der Waals surface area contributed by atoms with Gasteiger partial charge in [0.1, 0.15) is 5.69 Å². The molecule has 0 aliphatic carbocycles. The Balaban J connectivity index is 1.69. The zero-order valence-electron chi connectivity index (χ0n) is 16.5. The number of anilines is 3. The van der Waals surface area contributed by atoms with Crippen LogP contribution in [0.25, 0.3) is 0 Å². The monoisotopic (exact) mass is 367 g/mol. The molecule has 144 valence electrons. The summed E-state index contributed by atoms with van der Waals surface area (Å²) >= 11 is 0. The molecule has 1 aromatic heterocycles. The zero-order chi connectivity index (χ0) is 19.2. The number of nitrogens with one attached hydrogen (secondary N) is 1. The Morgan fingerprint density at radius 2 is 1.96 bits per heavy atom. The number of benzene rings is 1. The maximum atomic E-state index is 12.7. The molecule has 1 atom stereocenters. The highest BCUT2D eigenvalue weighted by Crippen LogP contribution is 2.21. The molecule has 0 saturated carbocycles. The first-order chi connectivity index (χ1) is 13.1. The van der Waals surface area contributed by atoms with E-state index >= 15 is 0 Å². The summed E-state index contributed by atoms with van der Waals surface area (Å²) in [7, 11) is 0. The normalized spacial score (nSPS) is 16.9. The molecule has 27 heavy (non-hydrogen) atoms. The summed E-state index contributed by atoms with van der Waals surface area (Å²) in [5.74, 6) is 0.983. The minimum absolute atomic E-state index is 0.0103. The van der Waals surface area contributed by atoms with E-state index in [0.717, 1.165) is 38.3 Å². The van der Waals surface area contributed by atoms with E-state index in [9.17, 15) is 4.79 Å². The number of likely N-dealkylation sites (tertiary alicyclic amines) is 1. The van der Waals surface area contributed by atoms with Crippen molar-refractivity contribution >= 4 is 23.2 Å². The predicted octanol–water partition coefficient (Wildman–Crippen LogP) is 3.94. The van der Waals surface area contributed by atoms with Crippen LogP contribution in [-0.2, 0) is 0 Å².